The topological polar surface area (TPSA) is 180 Å². The normalized spacial score (nSPS) is 14.5. The number of hydrogen-bond acceptors (Lipinski definition) is 7. The third kappa shape index (κ3) is 15.2. The van der Waals surface area contributed by atoms with Crippen LogP contribution in [0.2, 0.25) is 0 Å². The average Bonchev–Trinajstić information content (AvgIpc) is 3.19. The van der Waals surface area contributed by atoms with Gasteiger partial charge in [0.05, 0.1) is 12.1 Å². The summed E-state index contributed by atoms with van der Waals surface area (Å²) in [5, 5.41) is 15.7. The van der Waals surface area contributed by atoms with Crippen LogP contribution in [0.3, 0.4) is 0 Å². The lowest BCUT2D eigenvalue weighted by Gasteiger charge is -2.29. The van der Waals surface area contributed by atoms with Crippen molar-refractivity contribution >= 4 is 23.6 Å². The summed E-state index contributed by atoms with van der Waals surface area (Å²) >= 11 is 0. The molecule has 4 amide bonds. The number of carbonyl (C=O) groups is 4. The molecule has 0 saturated carbocycles. The predicted octanol–water partition coefficient (Wildman–Crippen LogP) is 3.45. The van der Waals surface area contributed by atoms with Gasteiger partial charge in [-0.25, -0.2) is 0 Å². The van der Waals surface area contributed by atoms with Crippen LogP contribution >= 0.6 is 0 Å². The molecule has 57 heavy (non-hydrogen) atoms. The zero-order valence-corrected chi connectivity index (χ0v) is 33.7. The minimum atomic E-state index is -0.811. The summed E-state index contributed by atoms with van der Waals surface area (Å²) in [4.78, 5) is 54.1. The molecule has 0 spiro atoms. The van der Waals surface area contributed by atoms with Crippen molar-refractivity contribution in [1.82, 2.24) is 26.6 Å². The Morgan fingerprint density at radius 3 is 0.982 bits per heavy atom. The van der Waals surface area contributed by atoms with Crippen molar-refractivity contribution in [1.29, 1.82) is 0 Å². The van der Waals surface area contributed by atoms with Gasteiger partial charge in [-0.3, -0.25) is 19.2 Å². The van der Waals surface area contributed by atoms with Gasteiger partial charge in [0, 0.05) is 25.2 Å². The summed E-state index contributed by atoms with van der Waals surface area (Å²) < 4.78 is 0. The molecule has 0 unspecified atom stereocenters. The van der Waals surface area contributed by atoms with E-state index in [0.717, 1.165) is 22.3 Å². The highest BCUT2D eigenvalue weighted by atomic mass is 16.2. The maximum absolute atomic E-state index is 13.9. The summed E-state index contributed by atoms with van der Waals surface area (Å²) in [5.74, 6) is -1.78. The van der Waals surface area contributed by atoms with E-state index < -0.39 is 24.2 Å². The quantitative estimate of drug-likeness (QED) is 0.0639. The molecule has 0 aliphatic heterocycles. The van der Waals surface area contributed by atoms with Crippen LogP contribution in [0.25, 0.3) is 0 Å². The van der Waals surface area contributed by atoms with E-state index in [2.05, 4.69) is 26.6 Å². The smallest absolute Gasteiger partial charge is 0.243 e. The van der Waals surface area contributed by atoms with E-state index in [4.69, 9.17) is 11.5 Å². The van der Waals surface area contributed by atoms with Gasteiger partial charge in [0.25, 0.3) is 0 Å². The van der Waals surface area contributed by atoms with Gasteiger partial charge >= 0.3 is 0 Å². The van der Waals surface area contributed by atoms with Crippen LogP contribution in [0.1, 0.15) is 49.9 Å². The first kappa shape index (κ1) is 44.4. The van der Waals surface area contributed by atoms with Gasteiger partial charge < -0.3 is 38.1 Å². The summed E-state index contributed by atoms with van der Waals surface area (Å²) in [6.45, 7) is 8.31. The van der Waals surface area contributed by atoms with Gasteiger partial charge in [0.2, 0.25) is 23.6 Å². The van der Waals surface area contributed by atoms with Crippen LogP contribution in [-0.4, -0.2) is 73.0 Å². The van der Waals surface area contributed by atoms with E-state index in [1.165, 1.54) is 0 Å². The molecule has 11 heteroatoms. The molecule has 4 rings (SSSR count). The van der Waals surface area contributed by atoms with Gasteiger partial charge in [-0.15, -0.1) is 0 Å². The van der Waals surface area contributed by atoms with Gasteiger partial charge in [-0.2, -0.15) is 0 Å². The Bertz CT molecular complexity index is 1680. The van der Waals surface area contributed by atoms with Crippen molar-refractivity contribution in [2.24, 2.45) is 23.3 Å². The van der Waals surface area contributed by atoms with Crippen molar-refractivity contribution in [2.45, 2.75) is 89.6 Å². The summed E-state index contributed by atoms with van der Waals surface area (Å²) in [6.07, 6.45) is 1.78. The van der Waals surface area contributed by atoms with E-state index >= 15 is 0 Å². The second-order valence-electron chi connectivity index (χ2n) is 15.5. The van der Waals surface area contributed by atoms with Crippen molar-refractivity contribution in [3.05, 3.63) is 144 Å². The molecule has 9 N–H and O–H groups in total. The first-order valence-corrected chi connectivity index (χ1v) is 20.0. The zero-order valence-electron chi connectivity index (χ0n) is 33.7. The summed E-state index contributed by atoms with van der Waals surface area (Å²) in [7, 11) is 0. The highest BCUT2D eigenvalue weighted by Crippen LogP contribution is 2.11. The standard InChI is InChI=1S/C46H61N7O4/c1-31(2)41(52-43(54)39(47)27-35-21-13-7-14-22-35)45(56)50-37(25-33-17-9-5-10-18-33)29-49-30-38(26-34-19-11-6-12-20-34)51-46(57)42(32(3)4)53-44(55)40(48)28-36-23-15-8-16-24-36/h5-24,31-32,37-42,49H,25-30,47-48H2,1-4H3,(H,50,56)(H,51,57)(H,52,54)(H,53,55)/t37-,38-,39-,40-,41-,42-/m0/s1. The molecule has 0 fully saturated rings. The Labute approximate surface area is 338 Å². The Morgan fingerprint density at radius 2 is 0.702 bits per heavy atom. The molecule has 11 nitrogen and oxygen atoms in total. The highest BCUT2D eigenvalue weighted by molar-refractivity contribution is 5.91. The molecular weight excluding hydrogens is 715 g/mol. The number of nitrogens with one attached hydrogen (secondary N) is 5. The van der Waals surface area contributed by atoms with Crippen LogP contribution in [0.4, 0.5) is 0 Å². The summed E-state index contributed by atoms with van der Waals surface area (Å²) in [6, 6.07) is 34.9. The second-order valence-corrected chi connectivity index (χ2v) is 15.5. The summed E-state index contributed by atoms with van der Waals surface area (Å²) in [5.41, 5.74) is 16.5. The fraction of sp³-hybridized carbons (Fsp3) is 0.391. The molecule has 304 valence electrons. The lowest BCUT2D eigenvalue weighted by molar-refractivity contribution is -0.131. The molecule has 4 aromatic rings. The van der Waals surface area contributed by atoms with E-state index in [1.54, 1.807) is 0 Å². The van der Waals surface area contributed by atoms with Crippen LogP contribution in [0, 0.1) is 11.8 Å². The molecule has 0 saturated heterocycles. The molecule has 6 atom stereocenters. The number of carbonyl (C=O) groups excluding carboxylic acids is 4. The average molecular weight is 776 g/mol. The van der Waals surface area contributed by atoms with Crippen LogP contribution < -0.4 is 38.1 Å². The maximum Gasteiger partial charge on any atom is 0.243 e. The highest BCUT2D eigenvalue weighted by Gasteiger charge is 2.30. The molecule has 0 heterocycles. The monoisotopic (exact) mass is 775 g/mol. The van der Waals surface area contributed by atoms with Crippen molar-refractivity contribution in [3.8, 4) is 0 Å². The molecular formula is C46H61N7O4. The Morgan fingerprint density at radius 1 is 0.421 bits per heavy atom. The number of nitrogens with two attached hydrogens (primary N) is 2. The van der Waals surface area contributed by atoms with Crippen LogP contribution in [-0.2, 0) is 44.9 Å². The largest absolute Gasteiger partial charge is 0.350 e. The Hall–Kier alpha value is -5.36. The molecule has 0 bridgehead atoms. The predicted molar refractivity (Wildman–Crippen MR) is 227 cm³/mol. The van der Waals surface area contributed by atoms with Crippen molar-refractivity contribution in [3.63, 3.8) is 0 Å². The third-order valence-electron chi connectivity index (χ3n) is 9.89. The Balaban J connectivity index is 1.43. The van der Waals surface area contributed by atoms with Gasteiger partial charge in [-0.05, 0) is 59.8 Å². The lowest BCUT2D eigenvalue weighted by Crippen LogP contribution is -2.58. The van der Waals surface area contributed by atoms with E-state index in [9.17, 15) is 19.2 Å². The van der Waals surface area contributed by atoms with E-state index in [-0.39, 0.29) is 47.5 Å². The first-order chi connectivity index (χ1) is 27.4. The molecule has 4 aromatic carbocycles. The molecule has 0 aliphatic rings. The van der Waals surface area contributed by atoms with Gasteiger partial charge in [0.15, 0.2) is 0 Å². The Kier molecular flexibility index (Phi) is 17.9. The lowest BCUT2D eigenvalue weighted by atomic mass is 9.99. The number of rotatable bonds is 22. The first-order valence-electron chi connectivity index (χ1n) is 20.0. The fourth-order valence-electron chi connectivity index (χ4n) is 6.67. The third-order valence-corrected chi connectivity index (χ3v) is 9.89. The SMILES string of the molecule is CC(C)[C@H](NC(=O)[C@@H](N)Cc1ccccc1)C(=O)N[C@H](CNC[C@H](Cc1ccccc1)NC(=O)[C@@H](NC(=O)[C@@H](N)Cc1ccccc1)C(C)C)Cc1ccccc1. The number of hydrogen-bond donors (Lipinski definition) is 7. The van der Waals surface area contributed by atoms with Crippen molar-refractivity contribution < 1.29 is 19.2 Å². The molecule has 0 radical (unpaired) electrons. The van der Waals surface area contributed by atoms with E-state index in [1.807, 2.05) is 149 Å². The van der Waals surface area contributed by atoms with Crippen LogP contribution in [0.15, 0.2) is 121 Å². The number of amides is 4. The second kappa shape index (κ2) is 23.0. The minimum Gasteiger partial charge on any atom is -0.350 e. The van der Waals surface area contributed by atoms with Gasteiger partial charge in [0.1, 0.15) is 12.1 Å². The maximum atomic E-state index is 13.9. The van der Waals surface area contributed by atoms with Crippen molar-refractivity contribution in [2.75, 3.05) is 13.1 Å². The molecule has 0 aliphatic carbocycles. The zero-order chi connectivity index (χ0) is 41.2. The fourth-order valence-corrected chi connectivity index (χ4v) is 6.67. The minimum absolute atomic E-state index is 0.198. The van der Waals surface area contributed by atoms with Crippen LogP contribution in [0.5, 0.6) is 0 Å². The van der Waals surface area contributed by atoms with Gasteiger partial charge in [-0.1, -0.05) is 149 Å². The number of benzene rings is 4. The van der Waals surface area contributed by atoms with E-state index in [0.29, 0.717) is 38.8 Å². The molecule has 0 aromatic heterocycles.